The van der Waals surface area contributed by atoms with Gasteiger partial charge in [-0.2, -0.15) is 0 Å². The van der Waals surface area contributed by atoms with E-state index in [1.165, 1.54) is 21.4 Å². The zero-order valence-electron chi connectivity index (χ0n) is 13.7. The van der Waals surface area contributed by atoms with Gasteiger partial charge in [-0.1, -0.05) is 0 Å². The number of nitrogens with zero attached hydrogens (tertiary/aromatic N) is 4. The zero-order valence-corrected chi connectivity index (χ0v) is 14.6. The smallest absolute Gasteiger partial charge is 0.358 e. The molecule has 1 fully saturated rings. The van der Waals surface area contributed by atoms with Crippen LogP contribution in [0, 0.1) is 10.1 Å². The normalized spacial score (nSPS) is 15.8. The van der Waals surface area contributed by atoms with E-state index in [0.29, 0.717) is 24.3 Å². The molecule has 2 aromatic rings. The molecule has 1 aliphatic rings. The maximum absolute atomic E-state index is 12.0. The number of aromatic nitrogens is 2. The Morgan fingerprint density at radius 1 is 1.31 bits per heavy atom. The van der Waals surface area contributed by atoms with Crippen LogP contribution < -0.4 is 9.62 Å². The van der Waals surface area contributed by atoms with E-state index < -0.39 is 14.9 Å². The zero-order chi connectivity index (χ0) is 18.7. The highest BCUT2D eigenvalue weighted by Gasteiger charge is 2.28. The molecule has 2 heterocycles. The van der Waals surface area contributed by atoms with Gasteiger partial charge in [-0.3, -0.25) is 9.10 Å². The Bertz CT molecular complexity index is 922. The molecule has 1 aliphatic heterocycles. The van der Waals surface area contributed by atoms with Crippen molar-refractivity contribution in [1.29, 1.82) is 0 Å². The van der Waals surface area contributed by atoms with E-state index >= 15 is 0 Å². The number of amides is 1. The van der Waals surface area contributed by atoms with Gasteiger partial charge >= 0.3 is 5.82 Å². The number of aryl methyl sites for hydroxylation is 1. The number of nitrogens with one attached hydrogen (secondary N) is 1. The SMILES string of the molecule is O=C(CCn1cnc([N+](=O)[O-])c1)Nc1ccc(N2CCCS2(=O)=O)cc1. The Morgan fingerprint density at radius 3 is 2.62 bits per heavy atom. The topological polar surface area (TPSA) is 127 Å². The summed E-state index contributed by atoms with van der Waals surface area (Å²) >= 11 is 0. The minimum Gasteiger partial charge on any atom is -0.358 e. The predicted molar refractivity (Wildman–Crippen MR) is 94.3 cm³/mol. The number of carbonyl (C=O) groups excluding carboxylic acids is 1. The first-order valence-electron chi connectivity index (χ1n) is 7.92. The number of imidazole rings is 1. The van der Waals surface area contributed by atoms with Gasteiger partial charge in [-0.25, -0.2) is 8.42 Å². The highest BCUT2D eigenvalue weighted by Crippen LogP contribution is 2.25. The number of hydrogen-bond acceptors (Lipinski definition) is 6. The molecule has 0 saturated carbocycles. The summed E-state index contributed by atoms with van der Waals surface area (Å²) in [5.41, 5.74) is 1.12. The lowest BCUT2D eigenvalue weighted by atomic mass is 10.2. The fourth-order valence-corrected chi connectivity index (χ4v) is 4.22. The highest BCUT2D eigenvalue weighted by molar-refractivity contribution is 7.93. The summed E-state index contributed by atoms with van der Waals surface area (Å²) in [6, 6.07) is 6.59. The van der Waals surface area contributed by atoms with Crippen LogP contribution in [-0.4, -0.2) is 41.1 Å². The molecule has 0 aliphatic carbocycles. The fourth-order valence-electron chi connectivity index (χ4n) is 2.66. The molecule has 0 atom stereocenters. The fraction of sp³-hybridized carbons (Fsp3) is 0.333. The van der Waals surface area contributed by atoms with Gasteiger partial charge in [0.25, 0.3) is 0 Å². The maximum Gasteiger partial charge on any atom is 0.381 e. The highest BCUT2D eigenvalue weighted by atomic mass is 32.2. The first-order valence-corrected chi connectivity index (χ1v) is 9.52. The van der Waals surface area contributed by atoms with Crippen LogP contribution in [0.25, 0.3) is 0 Å². The van der Waals surface area contributed by atoms with E-state index in [4.69, 9.17) is 0 Å². The minimum atomic E-state index is -3.23. The molecule has 1 aromatic heterocycles. The minimum absolute atomic E-state index is 0.121. The number of nitro groups is 1. The molecule has 0 bridgehead atoms. The van der Waals surface area contributed by atoms with Crippen LogP contribution in [0.15, 0.2) is 36.8 Å². The summed E-state index contributed by atoms with van der Waals surface area (Å²) in [5, 5.41) is 13.3. The average molecular weight is 379 g/mol. The van der Waals surface area contributed by atoms with Crippen molar-refractivity contribution in [3.63, 3.8) is 0 Å². The summed E-state index contributed by atoms with van der Waals surface area (Å²) in [4.78, 5) is 25.6. The van der Waals surface area contributed by atoms with E-state index in [9.17, 15) is 23.3 Å². The van der Waals surface area contributed by atoms with Crippen LogP contribution in [0.5, 0.6) is 0 Å². The van der Waals surface area contributed by atoms with Crippen LogP contribution in [0.1, 0.15) is 12.8 Å². The Labute approximate surface area is 149 Å². The predicted octanol–water partition coefficient (Wildman–Crippen LogP) is 1.36. The van der Waals surface area contributed by atoms with Gasteiger partial charge < -0.3 is 20.0 Å². The third-order valence-electron chi connectivity index (χ3n) is 3.94. The second kappa shape index (κ2) is 7.12. The Hall–Kier alpha value is -2.95. The lowest BCUT2D eigenvalue weighted by Gasteiger charge is -2.17. The summed E-state index contributed by atoms with van der Waals surface area (Å²) in [5.74, 6) is -0.376. The number of benzene rings is 1. The van der Waals surface area contributed by atoms with Crippen molar-refractivity contribution in [2.75, 3.05) is 21.9 Å². The van der Waals surface area contributed by atoms with Crippen molar-refractivity contribution in [2.24, 2.45) is 0 Å². The molecule has 0 radical (unpaired) electrons. The van der Waals surface area contributed by atoms with Crippen molar-refractivity contribution < 1.29 is 18.1 Å². The van der Waals surface area contributed by atoms with Crippen LogP contribution in [0.4, 0.5) is 17.2 Å². The van der Waals surface area contributed by atoms with Gasteiger partial charge in [-0.15, -0.1) is 0 Å². The van der Waals surface area contributed by atoms with Crippen LogP contribution in [-0.2, 0) is 21.4 Å². The summed E-state index contributed by atoms with van der Waals surface area (Å²) in [6.45, 7) is 0.724. The first-order chi connectivity index (χ1) is 12.3. The monoisotopic (exact) mass is 379 g/mol. The van der Waals surface area contributed by atoms with Crippen molar-refractivity contribution >= 4 is 33.1 Å². The molecule has 1 N–H and O–H groups in total. The number of sulfonamides is 1. The molecule has 1 amide bonds. The molecule has 3 rings (SSSR count). The third kappa shape index (κ3) is 3.99. The molecular weight excluding hydrogens is 362 g/mol. The van der Waals surface area contributed by atoms with Gasteiger partial charge in [0, 0.05) is 25.2 Å². The Kier molecular flexibility index (Phi) is 4.89. The van der Waals surface area contributed by atoms with Gasteiger partial charge in [0.05, 0.1) is 11.4 Å². The molecule has 0 spiro atoms. The van der Waals surface area contributed by atoms with Crippen LogP contribution >= 0.6 is 0 Å². The summed E-state index contributed by atoms with van der Waals surface area (Å²) in [7, 11) is -3.23. The summed E-state index contributed by atoms with van der Waals surface area (Å²) in [6.07, 6.45) is 3.29. The van der Waals surface area contributed by atoms with Crippen LogP contribution in [0.2, 0.25) is 0 Å². The molecular formula is C15H17N5O5S. The molecule has 11 heteroatoms. The number of rotatable bonds is 6. The summed E-state index contributed by atoms with van der Waals surface area (Å²) < 4.78 is 26.6. The van der Waals surface area contributed by atoms with E-state index in [1.54, 1.807) is 24.3 Å². The first kappa shape index (κ1) is 17.9. The lowest BCUT2D eigenvalue weighted by molar-refractivity contribution is -0.389. The molecule has 26 heavy (non-hydrogen) atoms. The quantitative estimate of drug-likeness (QED) is 0.596. The lowest BCUT2D eigenvalue weighted by Crippen LogP contribution is -2.25. The van der Waals surface area contributed by atoms with E-state index in [0.717, 1.165) is 0 Å². The molecule has 10 nitrogen and oxygen atoms in total. The van der Waals surface area contributed by atoms with E-state index in [2.05, 4.69) is 10.3 Å². The van der Waals surface area contributed by atoms with E-state index in [-0.39, 0.29) is 30.4 Å². The maximum atomic E-state index is 12.0. The van der Waals surface area contributed by atoms with E-state index in [1.807, 2.05) is 0 Å². The van der Waals surface area contributed by atoms with Gasteiger partial charge in [-0.05, 0) is 40.6 Å². The van der Waals surface area contributed by atoms with Crippen molar-refractivity contribution in [2.45, 2.75) is 19.4 Å². The molecule has 1 aromatic carbocycles. The average Bonchev–Trinajstić information content (AvgIpc) is 3.20. The van der Waals surface area contributed by atoms with Gasteiger partial charge in [0.2, 0.25) is 22.3 Å². The molecule has 1 saturated heterocycles. The third-order valence-corrected chi connectivity index (χ3v) is 5.81. The van der Waals surface area contributed by atoms with Gasteiger partial charge in [0.15, 0.2) is 0 Å². The van der Waals surface area contributed by atoms with Gasteiger partial charge in [0.1, 0.15) is 6.20 Å². The van der Waals surface area contributed by atoms with Crippen molar-refractivity contribution in [3.05, 3.63) is 46.9 Å². The van der Waals surface area contributed by atoms with Crippen LogP contribution in [0.3, 0.4) is 0 Å². The number of carbonyl (C=O) groups is 1. The van der Waals surface area contributed by atoms with Crippen molar-refractivity contribution in [3.8, 4) is 0 Å². The standard InChI is InChI=1S/C15H17N5O5S/c21-15(6-8-18-10-14(16-11-18)20(22)23)17-12-2-4-13(5-3-12)19-7-1-9-26(19,24)25/h2-5,10-11H,1,6-9H2,(H,17,21). The second-order valence-corrected chi connectivity index (χ2v) is 7.83. The number of hydrogen-bond donors (Lipinski definition) is 1. The second-order valence-electron chi connectivity index (χ2n) is 5.81. The van der Waals surface area contributed by atoms with Crippen molar-refractivity contribution in [1.82, 2.24) is 9.55 Å². The Balaban J connectivity index is 1.55. The number of anilines is 2. The largest absolute Gasteiger partial charge is 0.381 e. The molecule has 0 unspecified atom stereocenters. The Morgan fingerprint density at radius 2 is 2.04 bits per heavy atom. The molecule has 138 valence electrons.